The molecule has 3 aromatic rings. The van der Waals surface area contributed by atoms with Crippen LogP contribution in [0.2, 0.25) is 0 Å². The van der Waals surface area contributed by atoms with Gasteiger partial charge in [0.1, 0.15) is 11.4 Å². The molecule has 1 spiro atoms. The molecule has 2 amide bonds. The van der Waals surface area contributed by atoms with Gasteiger partial charge in [-0.15, -0.1) is 0 Å². The van der Waals surface area contributed by atoms with E-state index < -0.39 is 17.4 Å². The third-order valence-corrected chi connectivity index (χ3v) is 7.17. The summed E-state index contributed by atoms with van der Waals surface area (Å²) < 4.78 is 11.4. The number of methoxy groups -OCH3 is 1. The van der Waals surface area contributed by atoms with E-state index in [4.69, 9.17) is 9.47 Å². The second-order valence-corrected chi connectivity index (χ2v) is 8.99. The molecule has 2 aromatic carbocycles. The molecule has 0 unspecified atom stereocenters. The Balaban J connectivity index is 1.18. The number of ether oxygens (including phenoxy) is 2. The van der Waals surface area contributed by atoms with Crippen LogP contribution < -0.4 is 10.1 Å². The Hall–Kier alpha value is -3.58. The largest absolute Gasteiger partial charge is 0.497 e. The summed E-state index contributed by atoms with van der Waals surface area (Å²) in [7, 11) is 1.60. The van der Waals surface area contributed by atoms with Gasteiger partial charge in [-0.3, -0.25) is 9.59 Å². The van der Waals surface area contributed by atoms with Gasteiger partial charge in [0.15, 0.2) is 0 Å². The van der Waals surface area contributed by atoms with Gasteiger partial charge in [0.05, 0.1) is 31.6 Å². The molecule has 0 aliphatic carbocycles. The fourth-order valence-corrected chi connectivity index (χ4v) is 5.56. The van der Waals surface area contributed by atoms with Crippen molar-refractivity contribution in [2.24, 2.45) is 11.8 Å². The van der Waals surface area contributed by atoms with Crippen molar-refractivity contribution in [2.45, 2.75) is 18.1 Å². The van der Waals surface area contributed by atoms with Gasteiger partial charge in [0, 0.05) is 29.3 Å². The molecular formula is C26H25N3O4. The number of para-hydroxylation sites is 1. The number of fused-ring (bicyclic) bond motifs is 2. The predicted molar refractivity (Wildman–Crippen MR) is 124 cm³/mol. The first-order valence-electron chi connectivity index (χ1n) is 11.2. The molecule has 4 heterocycles. The summed E-state index contributed by atoms with van der Waals surface area (Å²) in [6.45, 7) is 1.08. The van der Waals surface area contributed by atoms with Gasteiger partial charge in [-0.1, -0.05) is 30.4 Å². The number of H-pyrrole nitrogens is 1. The van der Waals surface area contributed by atoms with Gasteiger partial charge in [-0.2, -0.15) is 0 Å². The molecule has 0 saturated carbocycles. The van der Waals surface area contributed by atoms with Gasteiger partial charge in [0.2, 0.25) is 11.8 Å². The van der Waals surface area contributed by atoms with Crippen molar-refractivity contribution in [3.63, 3.8) is 0 Å². The van der Waals surface area contributed by atoms with Crippen LogP contribution >= 0.6 is 0 Å². The van der Waals surface area contributed by atoms with Crippen LogP contribution in [0, 0.1) is 11.8 Å². The number of hydrogen-bond donors (Lipinski definition) is 2. The number of anilines is 1. The average molecular weight is 444 g/mol. The lowest BCUT2D eigenvalue weighted by Crippen LogP contribution is -2.41. The molecule has 7 heteroatoms. The topological polar surface area (TPSA) is 83.7 Å². The van der Waals surface area contributed by atoms with E-state index >= 15 is 0 Å². The SMILES string of the molecule is COc1ccc(NC(=O)[C@H]2[C@H]3C(=O)N(CCc4c[nH]c5ccccc45)C[C@]34C=C[C@H]2O4)cc1. The normalized spacial score (nSPS) is 27.4. The van der Waals surface area contributed by atoms with E-state index in [0.29, 0.717) is 18.8 Å². The molecule has 3 aliphatic rings. The number of rotatable bonds is 6. The molecule has 2 N–H and O–H groups in total. The highest BCUT2D eigenvalue weighted by atomic mass is 16.5. The maximum atomic E-state index is 13.5. The number of aromatic amines is 1. The standard InChI is InChI=1S/C26H25N3O4/c1-32-18-8-6-17(7-9-18)28-24(30)22-21-10-12-26(33-21)15-29(25(31)23(22)26)13-11-16-14-27-20-5-3-2-4-19(16)20/h2-10,12,14,21-23,27H,11,13,15H2,1H3,(H,28,30)/t21-,22-,23+,26-/m1/s1. The van der Waals surface area contributed by atoms with Crippen LogP contribution in [0.15, 0.2) is 66.9 Å². The minimum absolute atomic E-state index is 0.00317. The van der Waals surface area contributed by atoms with Gasteiger partial charge in [-0.05, 0) is 42.3 Å². The summed E-state index contributed by atoms with van der Waals surface area (Å²) in [6, 6.07) is 15.3. The maximum absolute atomic E-state index is 13.5. The van der Waals surface area contributed by atoms with Crippen LogP contribution in [0.1, 0.15) is 5.56 Å². The molecule has 4 atom stereocenters. The van der Waals surface area contributed by atoms with Crippen LogP contribution in [0.5, 0.6) is 5.75 Å². The lowest BCUT2D eigenvalue weighted by atomic mass is 9.77. The van der Waals surface area contributed by atoms with E-state index in [1.54, 1.807) is 31.4 Å². The zero-order chi connectivity index (χ0) is 22.6. The van der Waals surface area contributed by atoms with E-state index in [2.05, 4.69) is 16.4 Å². The average Bonchev–Trinajstić information content (AvgIpc) is 3.58. The molecule has 0 radical (unpaired) electrons. The highest BCUT2D eigenvalue weighted by Crippen LogP contribution is 2.52. The number of amides is 2. The Kier molecular flexibility index (Phi) is 4.55. The van der Waals surface area contributed by atoms with Gasteiger partial charge in [0.25, 0.3) is 0 Å². The quantitative estimate of drug-likeness (QED) is 0.574. The summed E-state index contributed by atoms with van der Waals surface area (Å²) in [5, 5.41) is 4.13. The van der Waals surface area contributed by atoms with E-state index in [1.807, 2.05) is 41.4 Å². The van der Waals surface area contributed by atoms with E-state index in [1.165, 1.54) is 10.9 Å². The second kappa shape index (κ2) is 7.49. The zero-order valence-electron chi connectivity index (χ0n) is 18.3. The highest BCUT2D eigenvalue weighted by Gasteiger charge is 2.66. The minimum Gasteiger partial charge on any atom is -0.497 e. The molecule has 2 fully saturated rings. The van der Waals surface area contributed by atoms with Crippen molar-refractivity contribution in [1.29, 1.82) is 0 Å². The number of aromatic nitrogens is 1. The molecule has 3 aliphatic heterocycles. The van der Waals surface area contributed by atoms with E-state index in [-0.39, 0.29) is 17.9 Å². The molecular weight excluding hydrogens is 418 g/mol. The second-order valence-electron chi connectivity index (χ2n) is 8.99. The summed E-state index contributed by atoms with van der Waals surface area (Å²) in [5.41, 5.74) is 2.24. The Morgan fingerprint density at radius 2 is 2.06 bits per heavy atom. The molecule has 2 bridgehead atoms. The smallest absolute Gasteiger partial charge is 0.231 e. The van der Waals surface area contributed by atoms with Gasteiger partial charge in [-0.25, -0.2) is 0 Å². The fraction of sp³-hybridized carbons (Fsp3) is 0.308. The zero-order valence-corrected chi connectivity index (χ0v) is 18.3. The molecule has 2 saturated heterocycles. The van der Waals surface area contributed by atoms with E-state index in [0.717, 1.165) is 17.7 Å². The minimum atomic E-state index is -0.704. The summed E-state index contributed by atoms with van der Waals surface area (Å²) in [4.78, 5) is 31.8. The Morgan fingerprint density at radius 3 is 2.88 bits per heavy atom. The van der Waals surface area contributed by atoms with Gasteiger partial charge >= 0.3 is 0 Å². The monoisotopic (exact) mass is 443 g/mol. The Labute approximate surface area is 191 Å². The van der Waals surface area contributed by atoms with Crippen LogP contribution in [0.4, 0.5) is 5.69 Å². The molecule has 6 rings (SSSR count). The number of likely N-dealkylation sites (tertiary alicyclic amines) is 1. The number of nitrogens with one attached hydrogen (secondary N) is 2. The first-order valence-corrected chi connectivity index (χ1v) is 11.2. The Bertz CT molecular complexity index is 1260. The molecule has 7 nitrogen and oxygen atoms in total. The lowest BCUT2D eigenvalue weighted by Gasteiger charge is -2.23. The van der Waals surface area contributed by atoms with Gasteiger partial charge < -0.3 is 24.7 Å². The number of benzene rings is 2. The third kappa shape index (κ3) is 3.15. The summed E-state index contributed by atoms with van der Waals surface area (Å²) in [5.74, 6) is -0.504. The summed E-state index contributed by atoms with van der Waals surface area (Å²) in [6.07, 6.45) is 6.31. The maximum Gasteiger partial charge on any atom is 0.231 e. The predicted octanol–water partition coefficient (Wildman–Crippen LogP) is 3.14. The van der Waals surface area contributed by atoms with Crippen LogP contribution in [0.3, 0.4) is 0 Å². The van der Waals surface area contributed by atoms with Crippen molar-refractivity contribution in [1.82, 2.24) is 9.88 Å². The Morgan fingerprint density at radius 1 is 1.24 bits per heavy atom. The first-order chi connectivity index (χ1) is 16.1. The lowest BCUT2D eigenvalue weighted by molar-refractivity contribution is -0.135. The van der Waals surface area contributed by atoms with Crippen LogP contribution in [-0.2, 0) is 20.7 Å². The fourth-order valence-electron chi connectivity index (χ4n) is 5.56. The third-order valence-electron chi connectivity index (χ3n) is 7.17. The highest BCUT2D eigenvalue weighted by molar-refractivity contribution is 5.99. The number of hydrogen-bond acceptors (Lipinski definition) is 4. The van der Waals surface area contributed by atoms with Crippen molar-refractivity contribution in [3.05, 3.63) is 72.4 Å². The first kappa shape index (κ1) is 20.1. The van der Waals surface area contributed by atoms with Crippen molar-refractivity contribution in [2.75, 3.05) is 25.5 Å². The number of carbonyl (C=O) groups excluding carboxylic acids is 2. The van der Waals surface area contributed by atoms with Crippen LogP contribution in [0.25, 0.3) is 10.9 Å². The number of carbonyl (C=O) groups is 2. The van der Waals surface area contributed by atoms with Crippen molar-refractivity contribution < 1.29 is 19.1 Å². The number of nitrogens with zero attached hydrogens (tertiary/aromatic N) is 1. The molecule has 33 heavy (non-hydrogen) atoms. The molecule has 1 aromatic heterocycles. The van der Waals surface area contributed by atoms with E-state index in [9.17, 15) is 9.59 Å². The van der Waals surface area contributed by atoms with Crippen LogP contribution in [-0.4, -0.2) is 53.6 Å². The molecule has 168 valence electrons. The summed E-state index contributed by atoms with van der Waals surface area (Å²) >= 11 is 0. The van der Waals surface area contributed by atoms with Crippen molar-refractivity contribution in [3.8, 4) is 5.75 Å². The van der Waals surface area contributed by atoms with Crippen molar-refractivity contribution >= 4 is 28.4 Å².